The van der Waals surface area contributed by atoms with Gasteiger partial charge in [-0.05, 0) is 11.8 Å². The fraction of sp³-hybridized carbons (Fsp3) is 0.722. The van der Waals surface area contributed by atoms with Crippen molar-refractivity contribution in [2.45, 2.75) is 169 Å². The van der Waals surface area contributed by atoms with Crippen LogP contribution in [0, 0.1) is 0 Å². The zero-order valence-corrected chi connectivity index (χ0v) is 38.5. The SMILES string of the molecule is CCC(C)[SiH]C(C)CC.CC[Si](CC)(CC)c1c[cH-]c(C(C)C)c1.CC[Si](CC)(CC)c1c[cH-]c(C(C)C)c1.[Cl-].[Cl-].[Hf+4]. The molecule has 0 amide bonds. The van der Waals surface area contributed by atoms with Crippen LogP contribution in [0.5, 0.6) is 0 Å². The Morgan fingerprint density at radius 1 is 0.548 bits per heavy atom. The maximum Gasteiger partial charge on any atom is 4.00 e. The van der Waals surface area contributed by atoms with Crippen molar-refractivity contribution in [3.8, 4) is 0 Å². The summed E-state index contributed by atoms with van der Waals surface area (Å²) in [6, 6.07) is 22.8. The third-order valence-corrected chi connectivity index (χ3v) is 23.6. The van der Waals surface area contributed by atoms with Crippen LogP contribution in [-0.4, -0.2) is 25.7 Å². The molecule has 2 rings (SSSR count). The van der Waals surface area contributed by atoms with E-state index in [2.05, 4.69) is 133 Å². The molecule has 0 spiro atoms. The molecule has 243 valence electrons. The Balaban J connectivity index is -0.000000257. The van der Waals surface area contributed by atoms with Gasteiger partial charge < -0.3 is 24.8 Å². The van der Waals surface area contributed by atoms with Gasteiger partial charge in [-0.3, -0.25) is 0 Å². The van der Waals surface area contributed by atoms with Gasteiger partial charge in [-0.15, -0.1) is 0 Å². The van der Waals surface area contributed by atoms with Crippen molar-refractivity contribution in [2.24, 2.45) is 0 Å². The standard InChI is InChI=1S/2C14H25Si.C8H19Si.2ClH.Hf/c2*1-6-15(7-2,8-3)14-10-9-13(11-14)12(4)5;1-5-7(3)9-8(4)6-2;;;/h2*9-12H,6-8H2,1-5H3;7-9H,5-6H2,1-4H3;2*1H;/q2*-1;;;;+4/p-2. The van der Waals surface area contributed by atoms with Crippen LogP contribution in [0.3, 0.4) is 0 Å². The number of rotatable bonds is 14. The molecule has 0 fully saturated rings. The van der Waals surface area contributed by atoms with E-state index in [1.54, 1.807) is 10.4 Å². The normalized spacial score (nSPS) is 12.6. The number of hydrogen-bond acceptors (Lipinski definition) is 0. The van der Waals surface area contributed by atoms with Crippen LogP contribution in [-0.2, 0) is 25.8 Å². The third-order valence-electron chi connectivity index (χ3n) is 10.1. The predicted octanol–water partition coefficient (Wildman–Crippen LogP) is 5.35. The molecule has 2 aromatic rings. The average molecular weight is 836 g/mol. The maximum absolute atomic E-state index is 2.48. The smallest absolute Gasteiger partial charge is 1.00 e. The van der Waals surface area contributed by atoms with Crippen LogP contribution in [0.15, 0.2) is 36.4 Å². The van der Waals surface area contributed by atoms with E-state index in [0.29, 0.717) is 11.8 Å². The Morgan fingerprint density at radius 2 is 0.810 bits per heavy atom. The molecular formula is C36H69Cl2HfSi3. The Morgan fingerprint density at radius 3 is 0.976 bits per heavy atom. The molecule has 2 aromatic carbocycles. The minimum absolute atomic E-state index is 0. The quantitative estimate of drug-likeness (QED) is 0.178. The summed E-state index contributed by atoms with van der Waals surface area (Å²) in [7, 11) is -1.52. The zero-order chi connectivity index (χ0) is 30.2. The first-order chi connectivity index (χ1) is 18.4. The molecule has 0 aliphatic heterocycles. The van der Waals surface area contributed by atoms with Crippen molar-refractivity contribution in [3.63, 3.8) is 0 Å². The molecule has 42 heavy (non-hydrogen) atoms. The van der Waals surface area contributed by atoms with Crippen LogP contribution >= 0.6 is 0 Å². The molecular weight excluding hydrogens is 766 g/mol. The zero-order valence-electron chi connectivity index (χ0n) is 30.3. The van der Waals surface area contributed by atoms with E-state index in [9.17, 15) is 0 Å². The van der Waals surface area contributed by atoms with Gasteiger partial charge in [0.15, 0.2) is 0 Å². The van der Waals surface area contributed by atoms with E-state index in [0.717, 1.165) is 20.6 Å². The average Bonchev–Trinajstić information content (AvgIpc) is 3.64. The summed E-state index contributed by atoms with van der Waals surface area (Å²) in [5.74, 6) is 1.35. The minimum Gasteiger partial charge on any atom is -1.00 e. The van der Waals surface area contributed by atoms with Crippen molar-refractivity contribution in [1.82, 2.24) is 0 Å². The van der Waals surface area contributed by atoms with E-state index in [-0.39, 0.29) is 50.7 Å². The predicted molar refractivity (Wildman–Crippen MR) is 192 cm³/mol. The van der Waals surface area contributed by atoms with Crippen LogP contribution in [0.2, 0.25) is 47.3 Å². The van der Waals surface area contributed by atoms with Crippen molar-refractivity contribution in [3.05, 3.63) is 47.5 Å². The summed E-state index contributed by atoms with van der Waals surface area (Å²) in [5, 5.41) is 3.39. The molecule has 0 N–H and O–H groups in total. The summed E-state index contributed by atoms with van der Waals surface area (Å²) in [6.45, 7) is 32.7. The first kappa shape index (κ1) is 49.7. The van der Waals surface area contributed by atoms with Crippen LogP contribution in [0.4, 0.5) is 0 Å². The van der Waals surface area contributed by atoms with Crippen molar-refractivity contribution in [2.75, 3.05) is 0 Å². The van der Waals surface area contributed by atoms with Crippen LogP contribution in [0.25, 0.3) is 0 Å². The molecule has 0 nitrogen and oxygen atoms in total. The van der Waals surface area contributed by atoms with E-state index < -0.39 is 16.1 Å². The third kappa shape index (κ3) is 15.4. The number of halogens is 2. The topological polar surface area (TPSA) is 0 Å². The molecule has 2 unspecified atom stereocenters. The van der Waals surface area contributed by atoms with Gasteiger partial charge in [-0.1, -0.05) is 157 Å². The second-order valence-electron chi connectivity index (χ2n) is 12.8. The first-order valence-corrected chi connectivity index (χ1v) is 23.4. The summed E-state index contributed by atoms with van der Waals surface area (Å²) >= 11 is 0. The maximum atomic E-state index is 2.48. The molecule has 0 heterocycles. The molecule has 0 bridgehead atoms. The van der Waals surface area contributed by atoms with Gasteiger partial charge >= 0.3 is 25.8 Å². The molecule has 0 saturated heterocycles. The Hall–Kier alpha value is 0.801. The van der Waals surface area contributed by atoms with Gasteiger partial charge in [0, 0.05) is 25.7 Å². The van der Waals surface area contributed by atoms with Gasteiger partial charge in [-0.25, -0.2) is 22.5 Å². The molecule has 2 atom stereocenters. The minimum atomic E-state index is -1.12. The molecule has 1 radical (unpaired) electrons. The second-order valence-corrected chi connectivity index (χ2v) is 26.0. The van der Waals surface area contributed by atoms with Gasteiger partial charge in [0.25, 0.3) is 0 Å². The Kier molecular flexibility index (Phi) is 30.7. The Labute approximate surface area is 301 Å². The summed E-state index contributed by atoms with van der Waals surface area (Å²) in [4.78, 5) is 0. The van der Waals surface area contributed by atoms with Gasteiger partial charge in [-0.2, -0.15) is 35.4 Å². The summed E-state index contributed by atoms with van der Waals surface area (Å²) in [5.41, 5.74) is 5.08. The van der Waals surface area contributed by atoms with Gasteiger partial charge in [0.05, 0.1) is 0 Å². The van der Waals surface area contributed by atoms with Crippen molar-refractivity contribution in [1.29, 1.82) is 0 Å². The molecule has 0 saturated carbocycles. The second kappa shape index (κ2) is 25.9. The van der Waals surface area contributed by atoms with Crippen LogP contribution in [0.1, 0.15) is 133 Å². The van der Waals surface area contributed by atoms with Gasteiger partial charge in [0.2, 0.25) is 0 Å². The van der Waals surface area contributed by atoms with E-state index >= 15 is 0 Å². The van der Waals surface area contributed by atoms with E-state index in [1.807, 2.05) is 0 Å². The molecule has 0 aliphatic rings. The van der Waals surface area contributed by atoms with Crippen LogP contribution < -0.4 is 35.2 Å². The molecule has 0 aliphatic carbocycles. The summed E-state index contributed by atoms with van der Waals surface area (Å²) in [6.07, 6.45) is 2.75. The fourth-order valence-corrected chi connectivity index (χ4v) is 14.8. The Bertz CT molecular complexity index is 780. The largest absolute Gasteiger partial charge is 4.00 e. The van der Waals surface area contributed by atoms with E-state index in [4.69, 9.17) is 0 Å². The summed E-state index contributed by atoms with van der Waals surface area (Å²) < 4.78 is 0. The fourth-order valence-electron chi connectivity index (χ4n) is 5.86. The molecule has 0 aromatic heterocycles. The van der Waals surface area contributed by atoms with Crippen molar-refractivity contribution >= 4 is 36.0 Å². The van der Waals surface area contributed by atoms with Crippen molar-refractivity contribution < 1.29 is 50.7 Å². The monoisotopic (exact) mass is 835 g/mol. The first-order valence-electron chi connectivity index (χ1n) is 16.8. The number of hydrogen-bond donors (Lipinski definition) is 0. The van der Waals surface area contributed by atoms with E-state index in [1.165, 1.54) is 60.2 Å². The molecule has 6 heteroatoms. The van der Waals surface area contributed by atoms with Gasteiger partial charge in [0.1, 0.15) is 0 Å².